The predicted octanol–water partition coefficient (Wildman–Crippen LogP) is 2.52. The average molecular weight is 259 g/mol. The predicted molar refractivity (Wildman–Crippen MR) is 74.6 cm³/mol. The first-order valence-electron chi connectivity index (χ1n) is 6.04. The second-order valence-electron chi connectivity index (χ2n) is 4.54. The van der Waals surface area contributed by atoms with Gasteiger partial charge in [-0.1, -0.05) is 0 Å². The fourth-order valence-corrected chi connectivity index (χ4v) is 1.96. The van der Waals surface area contributed by atoms with E-state index in [1.54, 1.807) is 7.11 Å². The van der Waals surface area contributed by atoms with Crippen molar-refractivity contribution in [3.8, 4) is 5.75 Å². The molecule has 1 heterocycles. The minimum atomic E-state index is -0.130. The highest BCUT2D eigenvalue weighted by Gasteiger charge is 2.15. The maximum absolute atomic E-state index is 11.3. The van der Waals surface area contributed by atoms with Gasteiger partial charge in [0.25, 0.3) is 0 Å². The van der Waals surface area contributed by atoms with Crippen LogP contribution in [0, 0.1) is 20.8 Å². The Morgan fingerprint density at radius 2 is 1.74 bits per heavy atom. The zero-order valence-corrected chi connectivity index (χ0v) is 11.8. The van der Waals surface area contributed by atoms with Crippen molar-refractivity contribution in [1.29, 1.82) is 0 Å². The SMILES string of the molecule is COc1cc(C)c(NC(C)=O)c2nc(C)c(C)nc12. The number of anilines is 1. The van der Waals surface area contributed by atoms with Crippen LogP contribution in [0.25, 0.3) is 11.0 Å². The molecular formula is C14H17N3O2. The minimum Gasteiger partial charge on any atom is -0.494 e. The van der Waals surface area contributed by atoms with Gasteiger partial charge in [-0.2, -0.15) is 0 Å². The standard InChI is InChI=1S/C14H17N3O2/c1-7-6-11(19-5)13-14(12(7)17-10(4)18)16-9(3)8(2)15-13/h6H,1-5H3,(H,17,18). The second-order valence-corrected chi connectivity index (χ2v) is 4.54. The highest BCUT2D eigenvalue weighted by molar-refractivity contribution is 6.01. The third-order valence-corrected chi connectivity index (χ3v) is 3.04. The molecule has 0 atom stereocenters. The van der Waals surface area contributed by atoms with E-state index in [0.29, 0.717) is 22.5 Å². The number of ether oxygens (including phenoxy) is 1. The fourth-order valence-electron chi connectivity index (χ4n) is 1.96. The normalized spacial score (nSPS) is 10.6. The van der Waals surface area contributed by atoms with Gasteiger partial charge in [0, 0.05) is 6.92 Å². The van der Waals surface area contributed by atoms with Gasteiger partial charge in [-0.05, 0) is 32.4 Å². The van der Waals surface area contributed by atoms with Gasteiger partial charge < -0.3 is 10.1 Å². The Bertz CT molecular complexity index is 666. The molecule has 1 aromatic heterocycles. The van der Waals surface area contributed by atoms with Gasteiger partial charge in [0.1, 0.15) is 16.8 Å². The molecule has 5 heteroatoms. The smallest absolute Gasteiger partial charge is 0.221 e. The Morgan fingerprint density at radius 1 is 1.16 bits per heavy atom. The summed E-state index contributed by atoms with van der Waals surface area (Å²) in [5.74, 6) is 0.534. The van der Waals surface area contributed by atoms with E-state index in [0.717, 1.165) is 17.0 Å². The Balaban J connectivity index is 2.84. The van der Waals surface area contributed by atoms with Crippen LogP contribution < -0.4 is 10.1 Å². The first-order chi connectivity index (χ1) is 8.93. The Hall–Kier alpha value is -2.17. The maximum Gasteiger partial charge on any atom is 0.221 e. The number of rotatable bonds is 2. The number of carbonyl (C=O) groups is 1. The van der Waals surface area contributed by atoms with E-state index in [9.17, 15) is 4.79 Å². The molecule has 0 aliphatic rings. The van der Waals surface area contributed by atoms with Crippen molar-refractivity contribution in [3.05, 3.63) is 23.0 Å². The maximum atomic E-state index is 11.3. The Morgan fingerprint density at radius 3 is 2.26 bits per heavy atom. The summed E-state index contributed by atoms with van der Waals surface area (Å²) in [6.45, 7) is 7.18. The zero-order chi connectivity index (χ0) is 14.2. The fraction of sp³-hybridized carbons (Fsp3) is 0.357. The van der Waals surface area contributed by atoms with Crippen LogP contribution in [0.2, 0.25) is 0 Å². The summed E-state index contributed by atoms with van der Waals surface area (Å²) < 4.78 is 5.35. The molecule has 0 aliphatic carbocycles. The number of nitrogens with zero attached hydrogens (tertiary/aromatic N) is 2. The minimum absolute atomic E-state index is 0.130. The summed E-state index contributed by atoms with van der Waals surface area (Å²) in [7, 11) is 1.60. The average Bonchev–Trinajstić information content (AvgIpc) is 2.34. The van der Waals surface area contributed by atoms with E-state index in [-0.39, 0.29) is 5.91 Å². The number of hydrogen-bond acceptors (Lipinski definition) is 4. The number of amides is 1. The van der Waals surface area contributed by atoms with Crippen LogP contribution in [-0.4, -0.2) is 23.0 Å². The lowest BCUT2D eigenvalue weighted by atomic mass is 10.1. The summed E-state index contributed by atoms with van der Waals surface area (Å²) in [4.78, 5) is 20.4. The number of hydrogen-bond donors (Lipinski definition) is 1. The molecule has 2 aromatic rings. The number of benzene rings is 1. The van der Waals surface area contributed by atoms with Crippen molar-refractivity contribution in [2.24, 2.45) is 0 Å². The second kappa shape index (κ2) is 4.84. The number of aromatic nitrogens is 2. The first kappa shape index (κ1) is 13.3. The number of fused-ring (bicyclic) bond motifs is 1. The van der Waals surface area contributed by atoms with E-state index in [1.165, 1.54) is 6.92 Å². The van der Waals surface area contributed by atoms with Crippen molar-refractivity contribution >= 4 is 22.6 Å². The van der Waals surface area contributed by atoms with Gasteiger partial charge in [-0.3, -0.25) is 4.79 Å². The molecule has 100 valence electrons. The highest BCUT2D eigenvalue weighted by atomic mass is 16.5. The van der Waals surface area contributed by atoms with E-state index < -0.39 is 0 Å². The van der Waals surface area contributed by atoms with Crippen LogP contribution in [0.15, 0.2) is 6.07 Å². The molecule has 19 heavy (non-hydrogen) atoms. The lowest BCUT2D eigenvalue weighted by molar-refractivity contribution is -0.114. The largest absolute Gasteiger partial charge is 0.494 e. The van der Waals surface area contributed by atoms with E-state index in [2.05, 4.69) is 15.3 Å². The zero-order valence-electron chi connectivity index (χ0n) is 11.8. The molecular weight excluding hydrogens is 242 g/mol. The number of methoxy groups -OCH3 is 1. The Kier molecular flexibility index (Phi) is 3.38. The third kappa shape index (κ3) is 2.36. The molecule has 0 fully saturated rings. The van der Waals surface area contributed by atoms with Crippen molar-refractivity contribution in [3.63, 3.8) is 0 Å². The number of carbonyl (C=O) groups excluding carboxylic acids is 1. The monoisotopic (exact) mass is 259 g/mol. The molecule has 0 unspecified atom stereocenters. The van der Waals surface area contributed by atoms with E-state index >= 15 is 0 Å². The van der Waals surface area contributed by atoms with Crippen molar-refractivity contribution in [1.82, 2.24) is 9.97 Å². The molecule has 2 rings (SSSR count). The van der Waals surface area contributed by atoms with Gasteiger partial charge in [-0.25, -0.2) is 9.97 Å². The van der Waals surface area contributed by atoms with E-state index in [1.807, 2.05) is 26.8 Å². The van der Waals surface area contributed by atoms with E-state index in [4.69, 9.17) is 4.74 Å². The van der Waals surface area contributed by atoms with Crippen molar-refractivity contribution in [2.45, 2.75) is 27.7 Å². The molecule has 0 saturated heterocycles. The number of aryl methyl sites for hydroxylation is 3. The molecule has 1 aromatic carbocycles. The van der Waals surface area contributed by atoms with Crippen LogP contribution in [0.5, 0.6) is 5.75 Å². The Labute approximate surface area is 112 Å². The van der Waals surface area contributed by atoms with Crippen LogP contribution in [0.1, 0.15) is 23.9 Å². The van der Waals surface area contributed by atoms with Crippen molar-refractivity contribution < 1.29 is 9.53 Å². The van der Waals surface area contributed by atoms with Gasteiger partial charge in [0.05, 0.1) is 24.2 Å². The van der Waals surface area contributed by atoms with Crippen LogP contribution in [0.4, 0.5) is 5.69 Å². The van der Waals surface area contributed by atoms with Crippen LogP contribution in [0.3, 0.4) is 0 Å². The molecule has 1 N–H and O–H groups in total. The summed E-state index contributed by atoms with van der Waals surface area (Å²) in [5, 5.41) is 2.82. The lowest BCUT2D eigenvalue weighted by Gasteiger charge is -2.14. The van der Waals surface area contributed by atoms with Gasteiger partial charge in [0.15, 0.2) is 0 Å². The third-order valence-electron chi connectivity index (χ3n) is 3.04. The summed E-state index contributed by atoms with van der Waals surface area (Å²) in [5.41, 5.74) is 4.61. The summed E-state index contributed by atoms with van der Waals surface area (Å²) in [6.07, 6.45) is 0. The van der Waals surface area contributed by atoms with Gasteiger partial charge >= 0.3 is 0 Å². The van der Waals surface area contributed by atoms with Gasteiger partial charge in [0.2, 0.25) is 5.91 Å². The quantitative estimate of drug-likeness (QED) is 0.900. The highest BCUT2D eigenvalue weighted by Crippen LogP contribution is 2.32. The lowest BCUT2D eigenvalue weighted by Crippen LogP contribution is -2.09. The molecule has 0 saturated carbocycles. The van der Waals surface area contributed by atoms with Crippen molar-refractivity contribution in [2.75, 3.05) is 12.4 Å². The summed E-state index contributed by atoms with van der Waals surface area (Å²) >= 11 is 0. The summed E-state index contributed by atoms with van der Waals surface area (Å²) in [6, 6.07) is 1.86. The molecule has 0 aliphatic heterocycles. The molecule has 5 nitrogen and oxygen atoms in total. The molecule has 0 bridgehead atoms. The van der Waals surface area contributed by atoms with Crippen LogP contribution >= 0.6 is 0 Å². The topological polar surface area (TPSA) is 64.1 Å². The molecule has 1 amide bonds. The number of nitrogens with one attached hydrogen (secondary N) is 1. The first-order valence-corrected chi connectivity index (χ1v) is 6.04. The molecule has 0 spiro atoms. The van der Waals surface area contributed by atoms with Crippen LogP contribution in [-0.2, 0) is 4.79 Å². The van der Waals surface area contributed by atoms with Gasteiger partial charge in [-0.15, -0.1) is 0 Å². The molecule has 0 radical (unpaired) electrons.